The van der Waals surface area contributed by atoms with E-state index in [1.807, 2.05) is 178 Å². The highest BCUT2D eigenvalue weighted by atomic mass is 16.2. The van der Waals surface area contributed by atoms with Gasteiger partial charge in [-0.25, -0.2) is 4.79 Å². The Morgan fingerprint density at radius 1 is 0.492 bits per heavy atom. The van der Waals surface area contributed by atoms with Gasteiger partial charge < -0.3 is 82.2 Å². The van der Waals surface area contributed by atoms with Gasteiger partial charge in [-0.1, -0.05) is 61.7 Å². The third kappa shape index (κ3) is 22.2. The zero-order valence-corrected chi connectivity index (χ0v) is 75.1. The lowest BCUT2D eigenvalue weighted by atomic mass is 9.90. The summed E-state index contributed by atoms with van der Waals surface area (Å²) in [5.74, 6) is 1.04. The van der Waals surface area contributed by atoms with E-state index in [2.05, 4.69) is 121 Å². The van der Waals surface area contributed by atoms with Crippen molar-refractivity contribution < 1.29 is 43.2 Å². The van der Waals surface area contributed by atoms with E-state index in [1.165, 1.54) is 23.8 Å². The minimum Gasteiger partial charge on any atom is -0.371 e. The number of likely N-dealkylation sites (N-methyl/N-ethyl adjacent to an activating group) is 2. The van der Waals surface area contributed by atoms with Crippen molar-refractivity contribution in [3.63, 3.8) is 0 Å². The van der Waals surface area contributed by atoms with Crippen LogP contribution in [0.15, 0.2) is 250 Å². The number of aromatic nitrogens is 2. The van der Waals surface area contributed by atoms with Crippen LogP contribution >= 0.6 is 0 Å². The number of likely N-dealkylation sites (tertiary alicyclic amines) is 1. The molecule has 1 atom stereocenters. The van der Waals surface area contributed by atoms with Gasteiger partial charge in [-0.05, 0) is 265 Å². The third-order valence-corrected chi connectivity index (χ3v) is 24.7. The molecule has 0 aliphatic carbocycles. The number of aryl methyl sites for hydroxylation is 1. The van der Waals surface area contributed by atoms with Crippen LogP contribution in [-0.4, -0.2) is 240 Å². The van der Waals surface area contributed by atoms with E-state index < -0.39 is 11.1 Å². The van der Waals surface area contributed by atoms with E-state index in [0.29, 0.717) is 98.5 Å². The molecule has 2 saturated heterocycles. The molecule has 15 rings (SSSR count). The van der Waals surface area contributed by atoms with Gasteiger partial charge in [0.1, 0.15) is 17.5 Å². The summed E-state index contributed by atoms with van der Waals surface area (Å²) in [5, 5.41) is 31.5. The monoisotopic (exact) mass is 1730 g/mol. The summed E-state index contributed by atoms with van der Waals surface area (Å²) in [4.78, 5) is 143. The maximum atomic E-state index is 13.7. The predicted octanol–water partition coefficient (Wildman–Crippen LogP) is 11.8. The molecule has 2 fully saturated rings. The highest BCUT2D eigenvalue weighted by molar-refractivity contribution is 6.15. The molecule has 8 aliphatic rings. The summed E-state index contributed by atoms with van der Waals surface area (Å²) in [7, 11) is 11.8. The Kier molecular flexibility index (Phi) is 29.0. The highest BCUT2D eigenvalue weighted by Crippen LogP contribution is 2.43. The molecule has 30 nitrogen and oxygen atoms in total. The molecule has 6 aromatic carbocycles. The Bertz CT molecular complexity index is 5600. The second-order valence-corrected chi connectivity index (χ2v) is 35.3. The van der Waals surface area contributed by atoms with Gasteiger partial charge in [0.05, 0.1) is 74.5 Å². The molecular formula is C98H117N21O9. The van der Waals surface area contributed by atoms with Crippen molar-refractivity contribution in [2.75, 3.05) is 156 Å². The van der Waals surface area contributed by atoms with Crippen LogP contribution in [0.2, 0.25) is 0 Å². The number of nitrogens with one attached hydrogen (secondary N) is 9. The number of hydrogen-bond donors (Lipinski definition) is 9. The number of anilines is 8. The fraction of sp³-hybridized carbons (Fsp3) is 0.357. The molecule has 1 aromatic heterocycles. The molecule has 10 amide bonds. The number of urea groups is 1. The molecule has 0 unspecified atom stereocenters. The first-order chi connectivity index (χ1) is 61.2. The first-order valence-electron chi connectivity index (χ1n) is 43.3. The summed E-state index contributed by atoms with van der Waals surface area (Å²) in [6.07, 6.45) is 12.9. The number of hydrogen-bond acceptors (Lipinski definition) is 19. The standard InChI is InChI=1S/C34H43N7O3.C33H38N8O3.C31H36N6O3/c1-6-30(42)36-25-12-14-26(15-13-25)40-18-16-24(17-19-40)32(43)38-31-27-21-41(34(2,3)28(27)20-35-31)33(44)37-29(22-39(4)5)23-10-8-7-9-11-23;1-33(2)28-19-34-31(27(28)21-41(33)30(43)16-22-18-35-40(5)20-22)37-25-8-6-9-26(17-25)38-32(44)23-11-13-24(14-12-23)36-29(42)10-7-15-39(3)4;1-5-27(38)33-22-11-9-20(10-12-22)29(39)35-24-8-6-7-23(17-24)34-28-25-19-37(31(2,3)26(25)18-32-28)30(40)21-13-15-36(4)16-14-21/h6-15,24,29H,1,16-22H2,2-5H3,(H,36,42)(H,37,44)(H,35,38,43);6-14,17-18,20H,15-16,19,21H2,1-5H3,(H,34,37)(H,36,42)(H,38,44);5-12,17,21H,1,13-16,18-19H2,2-4H3,(H,32,34)(H,33,38)(H,35,39)/b;10-7+;/t29-;;/m1../s1. The Labute approximate surface area is 748 Å². The number of amides is 10. The molecule has 668 valence electrons. The van der Waals surface area contributed by atoms with Gasteiger partial charge in [-0.15, -0.1) is 0 Å². The zero-order chi connectivity index (χ0) is 91.3. The van der Waals surface area contributed by atoms with Crippen molar-refractivity contribution in [1.82, 2.24) is 49.8 Å². The van der Waals surface area contributed by atoms with Crippen molar-refractivity contribution >= 4 is 116 Å². The maximum absolute atomic E-state index is 13.7. The first kappa shape index (κ1) is 92.0. The van der Waals surface area contributed by atoms with E-state index in [9.17, 15) is 43.2 Å². The summed E-state index contributed by atoms with van der Waals surface area (Å²) in [6, 6.07) is 45.7. The number of carbonyl (C=O) groups excluding carboxylic acids is 9. The molecule has 0 saturated carbocycles. The van der Waals surface area contributed by atoms with Crippen molar-refractivity contribution in [1.29, 1.82) is 0 Å². The van der Waals surface area contributed by atoms with Crippen molar-refractivity contribution in [2.24, 2.45) is 33.9 Å². The lowest BCUT2D eigenvalue weighted by Gasteiger charge is -2.38. The lowest BCUT2D eigenvalue weighted by molar-refractivity contribution is -0.140. The molecule has 9 heterocycles. The molecule has 9 N–H and O–H groups in total. The molecular weight excluding hydrogens is 1620 g/mol. The van der Waals surface area contributed by atoms with Gasteiger partial charge >= 0.3 is 6.03 Å². The number of piperidine rings is 2. The summed E-state index contributed by atoms with van der Waals surface area (Å²) in [5.41, 5.74) is 13.8. The largest absolute Gasteiger partial charge is 0.371 e. The van der Waals surface area contributed by atoms with Crippen LogP contribution in [0.3, 0.4) is 0 Å². The third-order valence-electron chi connectivity index (χ3n) is 24.7. The average Bonchev–Trinajstić information content (AvgIpc) is 1.64. The van der Waals surface area contributed by atoms with Crippen LogP contribution < -0.4 is 52.8 Å². The topological polar surface area (TPSA) is 339 Å². The van der Waals surface area contributed by atoms with Gasteiger partial charge in [0, 0.05) is 131 Å². The minimum absolute atomic E-state index is 0.0181. The summed E-state index contributed by atoms with van der Waals surface area (Å²) >= 11 is 0. The van der Waals surface area contributed by atoms with Crippen molar-refractivity contribution in [3.8, 4) is 0 Å². The molecule has 7 aromatic rings. The van der Waals surface area contributed by atoms with E-state index in [1.54, 1.807) is 65.5 Å². The van der Waals surface area contributed by atoms with Gasteiger partial charge in [0.25, 0.3) is 11.8 Å². The quantitative estimate of drug-likeness (QED) is 0.0269. The molecule has 0 spiro atoms. The SMILES string of the molecule is C=CC(=O)Nc1ccc(C(=O)Nc2cccc(NC3=NCC4=C3CN(C(=O)C3CCN(C)CC3)C4(C)C)c2)cc1.C=CC(=O)Nc1ccc(N2CCC(C(=O)NC3=NCC4=C3CN(C(=O)N[C@H](CN(C)C)c3ccccc3)C4(C)C)CC2)cc1.CN(C)C/C=C/C(=O)Nc1ccc(C(=O)Nc2cccc(NC3=NCC4=C3CN(C(=O)Cc3cnn(C)c3)C4(C)C)c2)cc1. The summed E-state index contributed by atoms with van der Waals surface area (Å²) in [6.45, 7) is 27.2. The highest BCUT2D eigenvalue weighted by Gasteiger charge is 2.50. The fourth-order valence-electron chi connectivity index (χ4n) is 17.2. The van der Waals surface area contributed by atoms with Crippen LogP contribution in [0.4, 0.5) is 50.3 Å². The maximum Gasteiger partial charge on any atom is 0.318 e. The van der Waals surface area contributed by atoms with Crippen LogP contribution in [-0.2, 0) is 42.2 Å². The number of benzene rings is 6. The Hall–Kier alpha value is -13.7. The van der Waals surface area contributed by atoms with Gasteiger partial charge in [0.2, 0.25) is 35.4 Å². The Morgan fingerprint density at radius 2 is 0.953 bits per heavy atom. The summed E-state index contributed by atoms with van der Waals surface area (Å²) < 4.78 is 1.70. The fourth-order valence-corrected chi connectivity index (χ4v) is 17.2. The number of nitrogens with zero attached hydrogens (tertiary/aromatic N) is 12. The van der Waals surface area contributed by atoms with Crippen LogP contribution in [0, 0.1) is 11.8 Å². The normalized spacial score (nSPS) is 17.5. The Morgan fingerprint density at radius 3 is 1.45 bits per heavy atom. The number of amidine groups is 3. The predicted molar refractivity (Wildman–Crippen MR) is 506 cm³/mol. The number of rotatable bonds is 23. The second-order valence-electron chi connectivity index (χ2n) is 35.3. The lowest BCUT2D eigenvalue weighted by Crippen LogP contribution is -2.52. The smallest absolute Gasteiger partial charge is 0.318 e. The molecule has 0 radical (unpaired) electrons. The average molecular weight is 1730 g/mol. The Balaban J connectivity index is 0.000000164. The molecule has 8 aliphatic heterocycles. The van der Waals surface area contributed by atoms with Crippen molar-refractivity contribution in [2.45, 2.75) is 96.3 Å². The minimum atomic E-state index is -0.524. The van der Waals surface area contributed by atoms with Gasteiger partial charge in [-0.2, -0.15) is 5.10 Å². The number of aliphatic imine (C=N–C) groups is 3. The second kappa shape index (κ2) is 40.3. The van der Waals surface area contributed by atoms with Crippen LogP contribution in [0.25, 0.3) is 0 Å². The zero-order valence-electron chi connectivity index (χ0n) is 75.1. The van der Waals surface area contributed by atoms with E-state index in [0.717, 1.165) is 125 Å². The van der Waals surface area contributed by atoms with Gasteiger partial charge in [-0.3, -0.25) is 58.0 Å². The van der Waals surface area contributed by atoms with E-state index >= 15 is 0 Å². The first-order valence-corrected chi connectivity index (χ1v) is 43.3. The number of carbonyl (C=O) groups is 9. The van der Waals surface area contributed by atoms with Crippen LogP contribution in [0.1, 0.15) is 105 Å². The molecule has 0 bridgehead atoms. The molecule has 30 heteroatoms. The molecule has 128 heavy (non-hydrogen) atoms. The van der Waals surface area contributed by atoms with Gasteiger partial charge in [0.15, 0.2) is 0 Å². The van der Waals surface area contributed by atoms with Crippen LogP contribution in [0.5, 0.6) is 0 Å². The van der Waals surface area contributed by atoms with Crippen molar-refractivity contribution in [3.05, 3.63) is 257 Å². The van der Waals surface area contributed by atoms with E-state index in [4.69, 9.17) is 9.98 Å². The van der Waals surface area contributed by atoms with E-state index in [-0.39, 0.29) is 76.7 Å².